The number of methoxy groups -OCH3 is 2. The number of ether oxygens (including phenoxy) is 2. The molecule has 5 rings (SSSR count). The number of hydrogen-bond donors (Lipinski definition) is 2. The highest BCUT2D eigenvalue weighted by molar-refractivity contribution is 8.14. The summed E-state index contributed by atoms with van der Waals surface area (Å²) in [5, 5.41) is 6.27. The number of aliphatic imine (C=N–C) groups is 2. The Bertz CT molecular complexity index is 1540. The van der Waals surface area contributed by atoms with Gasteiger partial charge in [0.2, 0.25) is 11.8 Å². The van der Waals surface area contributed by atoms with Gasteiger partial charge in [0.25, 0.3) is 5.91 Å². The summed E-state index contributed by atoms with van der Waals surface area (Å²) in [6, 6.07) is 21.8. The number of anilines is 1. The highest BCUT2D eigenvalue weighted by Gasteiger charge is 2.41. The molecule has 11 heteroatoms. The van der Waals surface area contributed by atoms with E-state index in [0.717, 1.165) is 17.5 Å². The minimum absolute atomic E-state index is 0.0286. The van der Waals surface area contributed by atoms with Crippen LogP contribution in [0.3, 0.4) is 0 Å². The Hall–Kier alpha value is -4.64. The van der Waals surface area contributed by atoms with Gasteiger partial charge < -0.3 is 20.1 Å². The standard InChI is InChI=1S/C31H31N5O5S/c1-40-21-12-13-24(26(18-21)41-2)33-28(38)19-42-31-34-23-11-7-6-10-22(23)29-35-30(39)25(36(29)31)14-15-27(37)32-17-16-20-8-4-3-5-9-20/h3-13,18,25H,14-17,19H2,1-2H3,(H,32,37)(H,33,38). The van der Waals surface area contributed by atoms with Crippen LogP contribution in [0.5, 0.6) is 11.5 Å². The third-order valence-electron chi connectivity index (χ3n) is 6.85. The van der Waals surface area contributed by atoms with E-state index < -0.39 is 6.04 Å². The lowest BCUT2D eigenvalue weighted by Gasteiger charge is -2.31. The van der Waals surface area contributed by atoms with E-state index in [1.54, 1.807) is 30.2 Å². The third-order valence-corrected chi connectivity index (χ3v) is 7.80. The highest BCUT2D eigenvalue weighted by Crippen LogP contribution is 2.35. The number of nitrogens with zero attached hydrogens (tertiary/aromatic N) is 3. The van der Waals surface area contributed by atoms with E-state index in [1.807, 2.05) is 54.6 Å². The molecule has 0 spiro atoms. The number of carbonyl (C=O) groups is 3. The fourth-order valence-electron chi connectivity index (χ4n) is 4.74. The minimum Gasteiger partial charge on any atom is -0.497 e. The average Bonchev–Trinajstić information content (AvgIpc) is 3.35. The molecule has 0 bridgehead atoms. The maximum atomic E-state index is 13.1. The van der Waals surface area contributed by atoms with Crippen LogP contribution in [0.1, 0.15) is 24.0 Å². The number of fused-ring (bicyclic) bond motifs is 3. The number of hydrogen-bond acceptors (Lipinski definition) is 8. The van der Waals surface area contributed by atoms with E-state index in [1.165, 1.54) is 18.9 Å². The van der Waals surface area contributed by atoms with Crippen LogP contribution in [0.4, 0.5) is 11.4 Å². The van der Waals surface area contributed by atoms with Crippen LogP contribution in [0, 0.1) is 0 Å². The number of nitrogens with one attached hydrogen (secondary N) is 2. The molecular weight excluding hydrogens is 554 g/mol. The summed E-state index contributed by atoms with van der Waals surface area (Å²) in [5.41, 5.74) is 3.05. The van der Waals surface area contributed by atoms with Crippen LogP contribution in [0.25, 0.3) is 0 Å². The van der Waals surface area contributed by atoms with Gasteiger partial charge in [-0.25, -0.2) is 4.99 Å². The summed E-state index contributed by atoms with van der Waals surface area (Å²) in [4.78, 5) is 49.5. The van der Waals surface area contributed by atoms with Crippen molar-refractivity contribution in [2.24, 2.45) is 9.98 Å². The molecule has 10 nitrogen and oxygen atoms in total. The van der Waals surface area contributed by atoms with Gasteiger partial charge in [-0.2, -0.15) is 4.99 Å². The van der Waals surface area contributed by atoms with Gasteiger partial charge in [0, 0.05) is 24.6 Å². The van der Waals surface area contributed by atoms with Crippen molar-refractivity contribution in [3.05, 3.63) is 83.9 Å². The zero-order valence-corrected chi connectivity index (χ0v) is 24.1. The van der Waals surface area contributed by atoms with E-state index >= 15 is 0 Å². The average molecular weight is 586 g/mol. The van der Waals surface area contributed by atoms with E-state index in [-0.39, 0.29) is 36.3 Å². The lowest BCUT2D eigenvalue weighted by Crippen LogP contribution is -2.44. The molecule has 3 aromatic carbocycles. The van der Waals surface area contributed by atoms with Gasteiger partial charge in [0.15, 0.2) is 5.17 Å². The number of carbonyl (C=O) groups excluding carboxylic acids is 3. The predicted molar refractivity (Wildman–Crippen MR) is 164 cm³/mol. The lowest BCUT2D eigenvalue weighted by molar-refractivity contribution is -0.122. The third kappa shape index (κ3) is 6.63. The second kappa shape index (κ2) is 13.3. The molecular formula is C31H31N5O5S. The Labute approximate surface area is 248 Å². The fourth-order valence-corrected chi connectivity index (χ4v) is 5.59. The molecule has 3 aromatic rings. The van der Waals surface area contributed by atoms with Crippen molar-refractivity contribution in [2.75, 3.05) is 31.8 Å². The fraction of sp³-hybridized carbons (Fsp3) is 0.258. The van der Waals surface area contributed by atoms with Gasteiger partial charge in [0.1, 0.15) is 23.4 Å². The molecule has 1 unspecified atom stereocenters. The molecule has 2 aliphatic heterocycles. The van der Waals surface area contributed by atoms with Crippen molar-refractivity contribution < 1.29 is 23.9 Å². The smallest absolute Gasteiger partial charge is 0.270 e. The number of para-hydroxylation sites is 1. The predicted octanol–water partition coefficient (Wildman–Crippen LogP) is 4.17. The number of rotatable bonds is 11. The first kappa shape index (κ1) is 28.9. The van der Waals surface area contributed by atoms with Crippen LogP contribution in [0.15, 0.2) is 82.8 Å². The van der Waals surface area contributed by atoms with Crippen molar-refractivity contribution in [1.82, 2.24) is 10.2 Å². The van der Waals surface area contributed by atoms with Crippen molar-refractivity contribution in [1.29, 1.82) is 0 Å². The minimum atomic E-state index is -0.691. The van der Waals surface area contributed by atoms with E-state index in [9.17, 15) is 14.4 Å². The first-order chi connectivity index (χ1) is 20.5. The number of benzene rings is 3. The molecule has 2 heterocycles. The summed E-state index contributed by atoms with van der Waals surface area (Å²) in [7, 11) is 3.07. The van der Waals surface area contributed by atoms with Crippen LogP contribution < -0.4 is 20.1 Å². The first-order valence-electron chi connectivity index (χ1n) is 13.5. The van der Waals surface area contributed by atoms with Crippen LogP contribution in [-0.2, 0) is 20.8 Å². The van der Waals surface area contributed by atoms with Crippen molar-refractivity contribution >= 4 is 51.9 Å². The molecule has 0 fully saturated rings. The lowest BCUT2D eigenvalue weighted by atomic mass is 10.1. The van der Waals surface area contributed by atoms with Gasteiger partial charge in [0.05, 0.1) is 31.3 Å². The topological polar surface area (TPSA) is 122 Å². The van der Waals surface area contributed by atoms with Gasteiger partial charge in [-0.3, -0.25) is 19.3 Å². The van der Waals surface area contributed by atoms with Crippen LogP contribution >= 0.6 is 11.8 Å². The van der Waals surface area contributed by atoms with Gasteiger partial charge in [-0.05, 0) is 42.7 Å². The Morgan fingerprint density at radius 3 is 2.52 bits per heavy atom. The summed E-state index contributed by atoms with van der Waals surface area (Å²) in [5.74, 6) is 0.848. The van der Waals surface area contributed by atoms with Gasteiger partial charge in [-0.1, -0.05) is 54.2 Å². The molecule has 0 saturated carbocycles. The zero-order valence-electron chi connectivity index (χ0n) is 23.3. The van der Waals surface area contributed by atoms with Crippen molar-refractivity contribution in [3.63, 3.8) is 0 Å². The SMILES string of the molecule is COc1ccc(NC(=O)CSC2=Nc3ccccc3C3=NC(=O)C(CCC(=O)NCCc4ccccc4)N23)c(OC)c1. The maximum absolute atomic E-state index is 13.1. The summed E-state index contributed by atoms with van der Waals surface area (Å²) >= 11 is 1.20. The zero-order chi connectivity index (χ0) is 29.5. The van der Waals surface area contributed by atoms with Crippen LogP contribution in [0.2, 0.25) is 0 Å². The summed E-state index contributed by atoms with van der Waals surface area (Å²) in [6.07, 6.45) is 1.14. The Morgan fingerprint density at radius 1 is 0.952 bits per heavy atom. The van der Waals surface area contributed by atoms with Crippen LogP contribution in [-0.4, -0.2) is 66.2 Å². The molecule has 3 amide bonds. The van der Waals surface area contributed by atoms with E-state index in [4.69, 9.17) is 14.5 Å². The molecule has 0 radical (unpaired) electrons. The van der Waals surface area contributed by atoms with Gasteiger partial charge >= 0.3 is 0 Å². The Kier molecular flexibility index (Phi) is 9.18. The molecule has 1 atom stereocenters. The number of amidine groups is 2. The molecule has 42 heavy (non-hydrogen) atoms. The molecule has 0 aromatic heterocycles. The van der Waals surface area contributed by atoms with Crippen molar-refractivity contribution in [2.45, 2.75) is 25.3 Å². The molecule has 216 valence electrons. The number of thioether (sulfide) groups is 1. The first-order valence-corrected chi connectivity index (χ1v) is 14.5. The van der Waals surface area contributed by atoms with Gasteiger partial charge in [-0.15, -0.1) is 0 Å². The molecule has 2 N–H and O–H groups in total. The van der Waals surface area contributed by atoms with E-state index in [0.29, 0.717) is 40.4 Å². The second-order valence-corrected chi connectivity index (χ2v) is 10.5. The Morgan fingerprint density at radius 2 is 1.74 bits per heavy atom. The summed E-state index contributed by atoms with van der Waals surface area (Å²) in [6.45, 7) is 0.511. The second-order valence-electron chi connectivity index (χ2n) is 9.60. The largest absolute Gasteiger partial charge is 0.497 e. The molecule has 0 aliphatic carbocycles. The maximum Gasteiger partial charge on any atom is 0.270 e. The van der Waals surface area contributed by atoms with E-state index in [2.05, 4.69) is 15.6 Å². The summed E-state index contributed by atoms with van der Waals surface area (Å²) < 4.78 is 10.6. The number of amides is 3. The Balaban J connectivity index is 1.25. The molecule has 2 aliphatic rings. The quantitative estimate of drug-likeness (QED) is 0.346. The van der Waals surface area contributed by atoms with Crippen molar-refractivity contribution in [3.8, 4) is 11.5 Å². The monoisotopic (exact) mass is 585 g/mol. The molecule has 0 saturated heterocycles. The normalized spacial score (nSPS) is 15.2. The highest BCUT2D eigenvalue weighted by atomic mass is 32.2.